The van der Waals surface area contributed by atoms with E-state index in [-0.39, 0.29) is 11.4 Å². The molecule has 5 nitrogen and oxygen atoms in total. The highest BCUT2D eigenvalue weighted by molar-refractivity contribution is 5.91. The van der Waals surface area contributed by atoms with E-state index in [1.165, 1.54) is 0 Å². The maximum Gasteiger partial charge on any atom is 0.239 e. The molecule has 1 saturated heterocycles. The van der Waals surface area contributed by atoms with E-state index in [1.54, 1.807) is 12.3 Å². The van der Waals surface area contributed by atoms with Crippen LogP contribution in [-0.2, 0) is 4.79 Å². The Labute approximate surface area is 127 Å². The first-order valence-corrected chi connectivity index (χ1v) is 7.69. The smallest absolute Gasteiger partial charge is 0.239 e. The highest BCUT2D eigenvalue weighted by Crippen LogP contribution is 2.20. The number of nitrogens with one attached hydrogen (secondary N) is 1. The van der Waals surface area contributed by atoms with Gasteiger partial charge in [-0.25, -0.2) is 4.98 Å². The number of piperazine rings is 1. The van der Waals surface area contributed by atoms with Gasteiger partial charge in [0.05, 0.1) is 6.54 Å². The number of rotatable bonds is 5. The van der Waals surface area contributed by atoms with E-state index >= 15 is 0 Å². The Morgan fingerprint density at radius 3 is 2.57 bits per heavy atom. The molecule has 1 fully saturated rings. The summed E-state index contributed by atoms with van der Waals surface area (Å²) in [5.74, 6) is 0.630. The second kappa shape index (κ2) is 7.00. The summed E-state index contributed by atoms with van der Waals surface area (Å²) in [4.78, 5) is 20.8. The third-order valence-electron chi connectivity index (χ3n) is 4.39. The highest BCUT2D eigenvalue weighted by Gasteiger charge is 2.28. The Kier molecular flexibility index (Phi) is 5.31. The van der Waals surface area contributed by atoms with Crippen LogP contribution in [-0.4, -0.2) is 59.0 Å². The Bertz CT molecular complexity index is 453. The quantitative estimate of drug-likeness (QED) is 0.899. The first-order valence-electron chi connectivity index (χ1n) is 7.69. The van der Waals surface area contributed by atoms with Crippen LogP contribution in [0.1, 0.15) is 27.2 Å². The maximum atomic E-state index is 12.0. The van der Waals surface area contributed by atoms with Gasteiger partial charge in [-0.05, 0) is 32.4 Å². The summed E-state index contributed by atoms with van der Waals surface area (Å²) in [7, 11) is 0. The van der Waals surface area contributed by atoms with Gasteiger partial charge in [-0.3, -0.25) is 14.6 Å². The maximum absolute atomic E-state index is 12.0. The zero-order valence-electron chi connectivity index (χ0n) is 13.3. The van der Waals surface area contributed by atoms with Crippen LogP contribution in [0.2, 0.25) is 0 Å². The van der Waals surface area contributed by atoms with Crippen molar-refractivity contribution in [3.05, 3.63) is 24.4 Å². The first kappa shape index (κ1) is 15.9. The number of hydrogen-bond donors (Lipinski definition) is 1. The number of nitrogens with zero attached hydrogens (tertiary/aromatic N) is 3. The minimum atomic E-state index is 0.0110. The predicted octanol–water partition coefficient (Wildman–Crippen LogP) is 1.83. The van der Waals surface area contributed by atoms with Crippen molar-refractivity contribution in [1.82, 2.24) is 14.8 Å². The van der Waals surface area contributed by atoms with Gasteiger partial charge in [0.2, 0.25) is 5.91 Å². The molecule has 2 heterocycles. The van der Waals surface area contributed by atoms with E-state index in [1.807, 2.05) is 12.1 Å². The van der Waals surface area contributed by atoms with Crippen molar-refractivity contribution in [2.45, 2.75) is 32.7 Å². The van der Waals surface area contributed by atoms with Crippen LogP contribution in [0.4, 0.5) is 5.82 Å². The number of aromatic nitrogens is 1. The van der Waals surface area contributed by atoms with Crippen molar-refractivity contribution in [1.29, 1.82) is 0 Å². The molecule has 0 spiro atoms. The van der Waals surface area contributed by atoms with Crippen molar-refractivity contribution in [3.63, 3.8) is 0 Å². The Morgan fingerprint density at radius 1 is 1.29 bits per heavy atom. The molecule has 21 heavy (non-hydrogen) atoms. The van der Waals surface area contributed by atoms with Gasteiger partial charge in [0, 0.05) is 37.9 Å². The fraction of sp³-hybridized carbons (Fsp3) is 0.625. The van der Waals surface area contributed by atoms with E-state index in [9.17, 15) is 4.79 Å². The predicted molar refractivity (Wildman–Crippen MR) is 85.2 cm³/mol. The monoisotopic (exact) mass is 290 g/mol. The molecule has 0 radical (unpaired) electrons. The number of amides is 1. The van der Waals surface area contributed by atoms with Gasteiger partial charge < -0.3 is 5.32 Å². The van der Waals surface area contributed by atoms with E-state index in [0.717, 1.165) is 32.6 Å². The van der Waals surface area contributed by atoms with Gasteiger partial charge >= 0.3 is 0 Å². The van der Waals surface area contributed by atoms with Gasteiger partial charge in [-0.2, -0.15) is 0 Å². The molecule has 0 atom stereocenters. The topological polar surface area (TPSA) is 48.5 Å². The summed E-state index contributed by atoms with van der Waals surface area (Å²) in [5.41, 5.74) is 0.252. The minimum absolute atomic E-state index is 0.0110. The van der Waals surface area contributed by atoms with E-state index in [2.05, 4.69) is 40.9 Å². The second-order valence-electron chi connectivity index (χ2n) is 6.19. The van der Waals surface area contributed by atoms with Gasteiger partial charge in [0.1, 0.15) is 5.82 Å². The summed E-state index contributed by atoms with van der Waals surface area (Å²) in [5, 5.41) is 2.84. The Hall–Kier alpha value is -1.46. The normalized spacial score (nSPS) is 17.7. The number of carbonyl (C=O) groups excluding carboxylic acids is 1. The number of anilines is 1. The van der Waals surface area contributed by atoms with Crippen LogP contribution in [0, 0.1) is 0 Å². The molecule has 0 aromatic carbocycles. The molecule has 1 aromatic rings. The van der Waals surface area contributed by atoms with Crippen molar-refractivity contribution < 1.29 is 4.79 Å². The highest BCUT2D eigenvalue weighted by atomic mass is 16.2. The minimum Gasteiger partial charge on any atom is -0.310 e. The van der Waals surface area contributed by atoms with Crippen LogP contribution in [0.5, 0.6) is 0 Å². The zero-order valence-corrected chi connectivity index (χ0v) is 13.3. The van der Waals surface area contributed by atoms with Crippen LogP contribution in [0.3, 0.4) is 0 Å². The largest absolute Gasteiger partial charge is 0.310 e. The molecule has 0 bridgehead atoms. The van der Waals surface area contributed by atoms with Gasteiger partial charge in [-0.1, -0.05) is 13.0 Å². The zero-order chi connectivity index (χ0) is 15.3. The van der Waals surface area contributed by atoms with Gasteiger partial charge in [0.15, 0.2) is 0 Å². The Morgan fingerprint density at radius 2 is 2.00 bits per heavy atom. The van der Waals surface area contributed by atoms with Gasteiger partial charge in [0.25, 0.3) is 0 Å². The molecule has 116 valence electrons. The molecule has 1 aromatic heterocycles. The van der Waals surface area contributed by atoms with Gasteiger partial charge in [-0.15, -0.1) is 0 Å². The van der Waals surface area contributed by atoms with Crippen molar-refractivity contribution in [3.8, 4) is 0 Å². The fourth-order valence-corrected chi connectivity index (χ4v) is 2.56. The molecule has 0 saturated carbocycles. The van der Waals surface area contributed by atoms with E-state index < -0.39 is 0 Å². The molecule has 5 heteroatoms. The number of hydrogen-bond acceptors (Lipinski definition) is 4. The average molecular weight is 290 g/mol. The standard InChI is InChI=1S/C16H26N4O/c1-4-16(2,3)20-11-9-19(10-12-20)13-15(21)18-14-7-5-6-8-17-14/h5-8H,4,9-13H2,1-3H3,(H,17,18,21). The summed E-state index contributed by atoms with van der Waals surface area (Å²) in [6, 6.07) is 5.51. The molecular formula is C16H26N4O. The summed E-state index contributed by atoms with van der Waals surface area (Å²) in [6.45, 7) is 11.2. The number of pyridine rings is 1. The summed E-state index contributed by atoms with van der Waals surface area (Å²) >= 11 is 0. The molecule has 1 N–H and O–H groups in total. The van der Waals surface area contributed by atoms with E-state index in [4.69, 9.17) is 0 Å². The van der Waals surface area contributed by atoms with Crippen LogP contribution in [0.15, 0.2) is 24.4 Å². The summed E-state index contributed by atoms with van der Waals surface area (Å²) in [6.07, 6.45) is 2.83. The Balaban J connectivity index is 1.77. The van der Waals surface area contributed by atoms with Crippen molar-refractivity contribution in [2.24, 2.45) is 0 Å². The molecule has 2 rings (SSSR count). The third-order valence-corrected chi connectivity index (χ3v) is 4.39. The lowest BCUT2D eigenvalue weighted by molar-refractivity contribution is -0.118. The molecule has 1 aliphatic rings. The third kappa shape index (κ3) is 4.51. The van der Waals surface area contributed by atoms with Crippen molar-refractivity contribution in [2.75, 3.05) is 38.0 Å². The number of carbonyl (C=O) groups is 1. The molecule has 0 aliphatic carbocycles. The lowest BCUT2D eigenvalue weighted by Crippen LogP contribution is -2.55. The molecule has 1 amide bonds. The second-order valence-corrected chi connectivity index (χ2v) is 6.19. The van der Waals surface area contributed by atoms with Crippen molar-refractivity contribution >= 4 is 11.7 Å². The van der Waals surface area contributed by atoms with Crippen LogP contribution in [0.25, 0.3) is 0 Å². The first-order chi connectivity index (χ1) is 10.0. The molecular weight excluding hydrogens is 264 g/mol. The fourth-order valence-electron chi connectivity index (χ4n) is 2.56. The van der Waals surface area contributed by atoms with E-state index in [0.29, 0.717) is 12.4 Å². The van der Waals surface area contributed by atoms with Crippen LogP contribution >= 0.6 is 0 Å². The summed E-state index contributed by atoms with van der Waals surface area (Å²) < 4.78 is 0. The SMILES string of the molecule is CCC(C)(C)N1CCN(CC(=O)Nc2ccccn2)CC1. The van der Waals surface area contributed by atoms with Crippen LogP contribution < -0.4 is 5.32 Å². The lowest BCUT2D eigenvalue weighted by atomic mass is 9.98. The average Bonchev–Trinajstić information content (AvgIpc) is 2.48. The lowest BCUT2D eigenvalue weighted by Gasteiger charge is -2.43. The molecule has 1 aliphatic heterocycles. The molecule has 0 unspecified atom stereocenters.